The highest BCUT2D eigenvalue weighted by molar-refractivity contribution is 7.89. The molecule has 3 N–H and O–H groups in total. The zero-order valence-electron chi connectivity index (χ0n) is 14.5. The quantitative estimate of drug-likeness (QED) is 0.861. The van der Waals surface area contributed by atoms with E-state index in [0.29, 0.717) is 6.04 Å². The van der Waals surface area contributed by atoms with Crippen LogP contribution in [0.5, 0.6) is 0 Å². The van der Waals surface area contributed by atoms with Gasteiger partial charge in [-0.1, -0.05) is 36.4 Å². The fourth-order valence-electron chi connectivity index (χ4n) is 3.23. The van der Waals surface area contributed by atoms with Gasteiger partial charge >= 0.3 is 0 Å². The van der Waals surface area contributed by atoms with Gasteiger partial charge in [-0.05, 0) is 43.0 Å². The van der Waals surface area contributed by atoms with Gasteiger partial charge in [-0.15, -0.1) is 0 Å². The van der Waals surface area contributed by atoms with Crippen molar-refractivity contribution in [3.8, 4) is 0 Å². The summed E-state index contributed by atoms with van der Waals surface area (Å²) in [4.78, 5) is 2.61. The van der Waals surface area contributed by atoms with Crippen molar-refractivity contribution in [1.82, 2.24) is 4.90 Å². The standard InChI is InChI=1S/C19H25N3O2S/c1-15-7-8-18(25(20,23)24)13-19(15)21-17-9-11-22(12-10-17)14-16-5-3-2-4-6-16/h2-8,13,17,21H,9-12,14H2,1H3,(H2,20,23,24). The van der Waals surface area contributed by atoms with Gasteiger partial charge in [-0.3, -0.25) is 4.90 Å². The second kappa shape index (κ2) is 7.56. The van der Waals surface area contributed by atoms with Crippen LogP contribution < -0.4 is 10.5 Å². The largest absolute Gasteiger partial charge is 0.382 e. The fourth-order valence-corrected chi connectivity index (χ4v) is 3.77. The van der Waals surface area contributed by atoms with Crippen molar-refractivity contribution in [1.29, 1.82) is 0 Å². The van der Waals surface area contributed by atoms with Crippen molar-refractivity contribution >= 4 is 15.7 Å². The smallest absolute Gasteiger partial charge is 0.238 e. The predicted molar refractivity (Wildman–Crippen MR) is 101 cm³/mol. The van der Waals surface area contributed by atoms with Gasteiger partial charge in [0.25, 0.3) is 0 Å². The molecule has 0 aromatic heterocycles. The Morgan fingerprint density at radius 1 is 1.12 bits per heavy atom. The molecule has 0 aliphatic carbocycles. The second-order valence-electron chi connectivity index (χ2n) is 6.70. The van der Waals surface area contributed by atoms with Crippen LogP contribution in [0.2, 0.25) is 0 Å². The maximum Gasteiger partial charge on any atom is 0.238 e. The van der Waals surface area contributed by atoms with Gasteiger partial charge in [0.05, 0.1) is 4.90 Å². The molecule has 0 spiro atoms. The maximum atomic E-state index is 11.5. The van der Waals surface area contributed by atoms with Crippen molar-refractivity contribution < 1.29 is 8.42 Å². The van der Waals surface area contributed by atoms with E-state index in [1.807, 2.05) is 13.0 Å². The molecule has 0 saturated carbocycles. The Kier molecular flexibility index (Phi) is 5.42. The molecule has 1 aliphatic rings. The van der Waals surface area contributed by atoms with Crippen molar-refractivity contribution in [3.63, 3.8) is 0 Å². The molecule has 0 amide bonds. The first-order valence-corrected chi connectivity index (χ1v) is 10.1. The van der Waals surface area contributed by atoms with Crippen LogP contribution in [-0.2, 0) is 16.6 Å². The number of hydrogen-bond donors (Lipinski definition) is 2. The average molecular weight is 359 g/mol. The molecule has 1 aliphatic heterocycles. The molecule has 5 nitrogen and oxygen atoms in total. The van der Waals surface area contributed by atoms with Crippen molar-refractivity contribution in [2.24, 2.45) is 5.14 Å². The topological polar surface area (TPSA) is 75.4 Å². The summed E-state index contributed by atoms with van der Waals surface area (Å²) in [5, 5.41) is 8.74. The van der Waals surface area contributed by atoms with E-state index in [9.17, 15) is 8.42 Å². The van der Waals surface area contributed by atoms with Crippen LogP contribution in [0.1, 0.15) is 24.0 Å². The van der Waals surface area contributed by atoms with Crippen LogP contribution >= 0.6 is 0 Å². The number of nitrogens with one attached hydrogen (secondary N) is 1. The summed E-state index contributed by atoms with van der Waals surface area (Å²) in [5.74, 6) is 0. The number of likely N-dealkylation sites (tertiary alicyclic amines) is 1. The number of nitrogens with zero attached hydrogens (tertiary/aromatic N) is 1. The SMILES string of the molecule is Cc1ccc(S(N)(=O)=O)cc1NC1CCN(Cc2ccccc2)CC1. The Labute approximate surface area is 149 Å². The molecule has 1 saturated heterocycles. The summed E-state index contributed by atoms with van der Waals surface area (Å²) in [6.45, 7) is 5.01. The number of aryl methyl sites for hydroxylation is 1. The van der Waals surface area contributed by atoms with Gasteiger partial charge in [0.15, 0.2) is 0 Å². The molecule has 2 aromatic rings. The zero-order valence-corrected chi connectivity index (χ0v) is 15.3. The second-order valence-corrected chi connectivity index (χ2v) is 8.26. The molecule has 0 unspecified atom stereocenters. The molecular formula is C19H25N3O2S. The molecule has 0 atom stereocenters. The van der Waals surface area contributed by atoms with Crippen LogP contribution in [0, 0.1) is 6.92 Å². The minimum absolute atomic E-state index is 0.155. The molecule has 1 heterocycles. The Morgan fingerprint density at radius 3 is 2.44 bits per heavy atom. The summed E-state index contributed by atoms with van der Waals surface area (Å²) in [6, 6.07) is 15.8. The van der Waals surface area contributed by atoms with E-state index in [4.69, 9.17) is 5.14 Å². The molecule has 6 heteroatoms. The number of anilines is 1. The third kappa shape index (κ3) is 4.81. The van der Waals surface area contributed by atoms with Gasteiger partial charge in [0.1, 0.15) is 0 Å². The highest BCUT2D eigenvalue weighted by atomic mass is 32.2. The Hall–Kier alpha value is -1.89. The highest BCUT2D eigenvalue weighted by Gasteiger charge is 2.20. The lowest BCUT2D eigenvalue weighted by atomic mass is 10.0. The lowest BCUT2D eigenvalue weighted by Crippen LogP contribution is -2.38. The summed E-state index contributed by atoms with van der Waals surface area (Å²) >= 11 is 0. The minimum Gasteiger partial charge on any atom is -0.382 e. The van der Waals surface area contributed by atoms with Gasteiger partial charge in [-0.2, -0.15) is 0 Å². The van der Waals surface area contributed by atoms with E-state index in [1.54, 1.807) is 18.2 Å². The molecule has 134 valence electrons. The molecule has 1 fully saturated rings. The Bertz CT molecular complexity index is 814. The van der Waals surface area contributed by atoms with Crippen molar-refractivity contribution in [2.75, 3.05) is 18.4 Å². The zero-order chi connectivity index (χ0) is 17.9. The minimum atomic E-state index is -3.67. The fraction of sp³-hybridized carbons (Fsp3) is 0.368. The summed E-state index contributed by atoms with van der Waals surface area (Å²) < 4.78 is 23.1. The molecule has 0 radical (unpaired) electrons. The highest BCUT2D eigenvalue weighted by Crippen LogP contribution is 2.23. The van der Waals surface area contributed by atoms with Crippen molar-refractivity contribution in [2.45, 2.75) is 37.2 Å². The maximum absolute atomic E-state index is 11.5. The van der Waals surface area contributed by atoms with Crippen LogP contribution in [0.4, 0.5) is 5.69 Å². The number of rotatable bonds is 5. The number of piperidine rings is 1. The van der Waals surface area contributed by atoms with E-state index >= 15 is 0 Å². The van der Waals surface area contributed by atoms with Gasteiger partial charge < -0.3 is 5.32 Å². The molecule has 2 aromatic carbocycles. The Morgan fingerprint density at radius 2 is 1.80 bits per heavy atom. The number of sulfonamides is 1. The third-order valence-electron chi connectivity index (χ3n) is 4.73. The van der Waals surface area contributed by atoms with Gasteiger partial charge in [0, 0.05) is 31.4 Å². The first-order valence-electron chi connectivity index (χ1n) is 8.58. The lowest BCUT2D eigenvalue weighted by Gasteiger charge is -2.33. The average Bonchev–Trinajstić information content (AvgIpc) is 2.58. The van der Waals surface area contributed by atoms with Crippen LogP contribution in [-0.4, -0.2) is 32.4 Å². The molecule has 3 rings (SSSR count). The molecule has 0 bridgehead atoms. The number of nitrogens with two attached hydrogens (primary N) is 1. The van der Waals surface area contributed by atoms with E-state index in [1.165, 1.54) is 5.56 Å². The van der Waals surface area contributed by atoms with E-state index in [0.717, 1.165) is 43.7 Å². The van der Waals surface area contributed by atoms with Crippen molar-refractivity contribution in [3.05, 3.63) is 59.7 Å². The summed E-state index contributed by atoms with van der Waals surface area (Å²) in [7, 11) is -3.67. The van der Waals surface area contributed by atoms with Crippen LogP contribution in [0.25, 0.3) is 0 Å². The van der Waals surface area contributed by atoms with Crippen LogP contribution in [0.15, 0.2) is 53.4 Å². The van der Waals surface area contributed by atoms with E-state index in [2.05, 4.69) is 34.5 Å². The number of benzene rings is 2. The first-order chi connectivity index (χ1) is 11.9. The van der Waals surface area contributed by atoms with Gasteiger partial charge in [0.2, 0.25) is 10.0 Å². The molecular weight excluding hydrogens is 334 g/mol. The number of primary sulfonamides is 1. The predicted octanol–water partition coefficient (Wildman–Crippen LogP) is 2.72. The normalized spacial score (nSPS) is 16.7. The van der Waals surface area contributed by atoms with Crippen LogP contribution in [0.3, 0.4) is 0 Å². The summed E-state index contributed by atoms with van der Waals surface area (Å²) in [6.07, 6.45) is 2.07. The Balaban J connectivity index is 1.59. The monoisotopic (exact) mass is 359 g/mol. The first kappa shape index (κ1) is 17.9. The van der Waals surface area contributed by atoms with E-state index in [-0.39, 0.29) is 4.90 Å². The summed E-state index contributed by atoms with van der Waals surface area (Å²) in [5.41, 5.74) is 3.22. The lowest BCUT2D eigenvalue weighted by molar-refractivity contribution is 0.211. The van der Waals surface area contributed by atoms with E-state index < -0.39 is 10.0 Å². The number of hydrogen-bond acceptors (Lipinski definition) is 4. The molecule has 25 heavy (non-hydrogen) atoms. The third-order valence-corrected chi connectivity index (χ3v) is 5.64. The van der Waals surface area contributed by atoms with Gasteiger partial charge in [-0.25, -0.2) is 13.6 Å².